The molecule has 0 aromatic heterocycles. The Labute approximate surface area is 149 Å². The number of aliphatic imine (C=N–C) groups is 1. The van der Waals surface area contributed by atoms with Crippen molar-refractivity contribution in [1.29, 1.82) is 0 Å². The number of Topliss-reactive ketones (excluding diaryl/α,β-unsaturated/α-hetero) is 1. The van der Waals surface area contributed by atoms with Crippen LogP contribution in [0.3, 0.4) is 0 Å². The maximum absolute atomic E-state index is 12.7. The van der Waals surface area contributed by atoms with Crippen molar-refractivity contribution >= 4 is 17.6 Å². The number of rotatable bonds is 4. The van der Waals surface area contributed by atoms with E-state index in [2.05, 4.69) is 4.99 Å². The molecule has 134 valence electrons. The molecule has 5 heteroatoms. The average Bonchev–Trinajstić information content (AvgIpc) is 2.60. The van der Waals surface area contributed by atoms with Gasteiger partial charge in [-0.2, -0.15) is 0 Å². The van der Waals surface area contributed by atoms with Crippen LogP contribution in [-0.4, -0.2) is 35.1 Å². The fourth-order valence-corrected chi connectivity index (χ4v) is 4.15. The third kappa shape index (κ3) is 3.75. The third-order valence-corrected chi connectivity index (χ3v) is 5.83. The Morgan fingerprint density at radius 3 is 2.72 bits per heavy atom. The van der Waals surface area contributed by atoms with E-state index in [9.17, 15) is 9.59 Å². The van der Waals surface area contributed by atoms with Crippen LogP contribution in [0.15, 0.2) is 35.3 Å². The first kappa shape index (κ1) is 17.6. The van der Waals surface area contributed by atoms with Gasteiger partial charge in [-0.25, -0.2) is 4.99 Å². The Bertz CT molecular complexity index is 685. The molecule has 1 heterocycles. The summed E-state index contributed by atoms with van der Waals surface area (Å²) in [5, 5.41) is 0. The van der Waals surface area contributed by atoms with Crippen LogP contribution in [0.5, 0.6) is 0 Å². The van der Waals surface area contributed by atoms with E-state index >= 15 is 0 Å². The summed E-state index contributed by atoms with van der Waals surface area (Å²) in [5.74, 6) is 0.879. The van der Waals surface area contributed by atoms with Crippen molar-refractivity contribution in [2.24, 2.45) is 22.6 Å². The van der Waals surface area contributed by atoms with Gasteiger partial charge in [0, 0.05) is 19.4 Å². The van der Waals surface area contributed by atoms with Gasteiger partial charge < -0.3 is 5.73 Å². The van der Waals surface area contributed by atoms with E-state index in [4.69, 9.17) is 5.73 Å². The van der Waals surface area contributed by atoms with Gasteiger partial charge in [0.05, 0.1) is 12.0 Å². The van der Waals surface area contributed by atoms with Crippen LogP contribution in [-0.2, 0) is 16.0 Å². The minimum atomic E-state index is -0.487. The van der Waals surface area contributed by atoms with Gasteiger partial charge in [-0.05, 0) is 37.7 Å². The van der Waals surface area contributed by atoms with Crippen LogP contribution in [0.25, 0.3) is 0 Å². The summed E-state index contributed by atoms with van der Waals surface area (Å²) in [6.45, 7) is 2.01. The highest BCUT2D eigenvalue weighted by molar-refractivity contribution is 5.98. The lowest BCUT2D eigenvalue weighted by molar-refractivity contribution is -0.129. The molecule has 1 aliphatic carbocycles. The van der Waals surface area contributed by atoms with Crippen molar-refractivity contribution in [2.75, 3.05) is 7.05 Å². The van der Waals surface area contributed by atoms with E-state index in [1.165, 1.54) is 4.90 Å². The van der Waals surface area contributed by atoms with E-state index in [1.807, 2.05) is 37.3 Å². The van der Waals surface area contributed by atoms with Crippen LogP contribution in [0.4, 0.5) is 0 Å². The van der Waals surface area contributed by atoms with Crippen LogP contribution in [0, 0.1) is 11.8 Å². The van der Waals surface area contributed by atoms with Gasteiger partial charge in [-0.1, -0.05) is 36.8 Å². The number of guanidine groups is 1. The Morgan fingerprint density at radius 1 is 1.32 bits per heavy atom. The number of carbonyl (C=O) groups is 2. The molecule has 1 aromatic carbocycles. The highest BCUT2D eigenvalue weighted by atomic mass is 16.2. The second-order valence-electron chi connectivity index (χ2n) is 7.65. The van der Waals surface area contributed by atoms with E-state index in [0.717, 1.165) is 31.2 Å². The molecular formula is C20H27N3O2. The van der Waals surface area contributed by atoms with Gasteiger partial charge in [0.25, 0.3) is 0 Å². The van der Waals surface area contributed by atoms with Crippen molar-refractivity contribution in [3.63, 3.8) is 0 Å². The number of nitrogens with zero attached hydrogens (tertiary/aromatic N) is 2. The topological polar surface area (TPSA) is 75.8 Å². The summed E-state index contributed by atoms with van der Waals surface area (Å²) in [5.41, 5.74) is 6.52. The van der Waals surface area contributed by atoms with Crippen molar-refractivity contribution < 1.29 is 9.59 Å². The summed E-state index contributed by atoms with van der Waals surface area (Å²) in [4.78, 5) is 31.0. The molecule has 0 saturated heterocycles. The fraction of sp³-hybridized carbons (Fsp3) is 0.550. The highest BCUT2D eigenvalue weighted by Gasteiger charge is 2.43. The smallest absolute Gasteiger partial charge is 0.231 e. The largest absolute Gasteiger partial charge is 0.369 e. The van der Waals surface area contributed by atoms with Gasteiger partial charge in [0.1, 0.15) is 5.78 Å². The minimum absolute atomic E-state index is 0.00716. The predicted molar refractivity (Wildman–Crippen MR) is 98.0 cm³/mol. The van der Waals surface area contributed by atoms with Crippen molar-refractivity contribution in [1.82, 2.24) is 4.90 Å². The highest BCUT2D eigenvalue weighted by Crippen LogP contribution is 2.41. The van der Waals surface area contributed by atoms with E-state index < -0.39 is 5.54 Å². The van der Waals surface area contributed by atoms with E-state index in [-0.39, 0.29) is 23.7 Å². The van der Waals surface area contributed by atoms with Gasteiger partial charge in [-0.3, -0.25) is 14.5 Å². The molecule has 1 aliphatic heterocycles. The van der Waals surface area contributed by atoms with Crippen LogP contribution >= 0.6 is 0 Å². The van der Waals surface area contributed by atoms with Crippen LogP contribution < -0.4 is 5.73 Å². The van der Waals surface area contributed by atoms with Gasteiger partial charge >= 0.3 is 0 Å². The average molecular weight is 341 g/mol. The molecule has 1 saturated carbocycles. The molecule has 2 aliphatic rings. The Morgan fingerprint density at radius 2 is 2.04 bits per heavy atom. The molecule has 1 aromatic rings. The van der Waals surface area contributed by atoms with E-state index in [1.54, 1.807) is 7.05 Å². The standard InChI is InChI=1S/C20H27N3O2/c1-20(13-18(25)23(2)19(21)22-20)16-10-6-9-15(12-16)17(24)11-14-7-4-3-5-8-14/h3-5,7-8,15-16H,6,9-13H2,1-2H3,(H2,21,22)/t15?,16?,20-/m0/s1. The molecule has 1 amide bonds. The van der Waals surface area contributed by atoms with Gasteiger partial charge in [0.15, 0.2) is 5.96 Å². The number of hydrogen-bond acceptors (Lipinski definition) is 4. The SMILES string of the molecule is CN1C(=O)C[C@@](C)(C2CCCC(C(=O)Cc3ccccc3)C2)N=C1N. The zero-order valence-electron chi connectivity index (χ0n) is 15.1. The Hall–Kier alpha value is -2.17. The van der Waals surface area contributed by atoms with E-state index in [0.29, 0.717) is 18.6 Å². The summed E-state index contributed by atoms with van der Waals surface area (Å²) < 4.78 is 0. The number of hydrogen-bond donors (Lipinski definition) is 1. The molecular weight excluding hydrogens is 314 g/mol. The normalized spacial score (nSPS) is 30.1. The van der Waals surface area contributed by atoms with Crippen LogP contribution in [0.2, 0.25) is 0 Å². The van der Waals surface area contributed by atoms with Crippen molar-refractivity contribution in [3.8, 4) is 0 Å². The zero-order chi connectivity index (χ0) is 18.0. The summed E-state index contributed by atoms with van der Waals surface area (Å²) >= 11 is 0. The summed E-state index contributed by atoms with van der Waals surface area (Å²) in [6, 6.07) is 9.90. The number of carbonyl (C=O) groups excluding carboxylic acids is 2. The predicted octanol–water partition coefficient (Wildman–Crippen LogP) is 2.54. The van der Waals surface area contributed by atoms with Crippen LogP contribution in [0.1, 0.15) is 44.6 Å². The first-order valence-corrected chi connectivity index (χ1v) is 9.07. The van der Waals surface area contributed by atoms with Gasteiger partial charge in [0.2, 0.25) is 5.91 Å². The Balaban J connectivity index is 1.71. The molecule has 0 spiro atoms. The number of benzene rings is 1. The number of ketones is 1. The lowest BCUT2D eigenvalue weighted by Gasteiger charge is -2.42. The first-order chi connectivity index (χ1) is 11.9. The maximum Gasteiger partial charge on any atom is 0.231 e. The quantitative estimate of drug-likeness (QED) is 0.914. The number of nitrogens with two attached hydrogens (primary N) is 1. The Kier molecular flexibility index (Phi) is 4.93. The molecule has 5 nitrogen and oxygen atoms in total. The molecule has 0 radical (unpaired) electrons. The summed E-state index contributed by atoms with van der Waals surface area (Å²) in [7, 11) is 1.66. The van der Waals surface area contributed by atoms with Gasteiger partial charge in [-0.15, -0.1) is 0 Å². The zero-order valence-corrected chi connectivity index (χ0v) is 15.1. The molecule has 0 bridgehead atoms. The first-order valence-electron chi connectivity index (χ1n) is 9.07. The number of amides is 1. The fourth-order valence-electron chi connectivity index (χ4n) is 4.15. The summed E-state index contributed by atoms with van der Waals surface area (Å²) in [6.07, 6.45) is 4.60. The molecule has 2 N–H and O–H groups in total. The third-order valence-electron chi connectivity index (χ3n) is 5.83. The molecule has 2 unspecified atom stereocenters. The second-order valence-corrected chi connectivity index (χ2v) is 7.65. The maximum atomic E-state index is 12.7. The monoisotopic (exact) mass is 341 g/mol. The lowest BCUT2D eigenvalue weighted by Crippen LogP contribution is -2.52. The molecule has 3 atom stereocenters. The molecule has 3 rings (SSSR count). The minimum Gasteiger partial charge on any atom is -0.369 e. The lowest BCUT2D eigenvalue weighted by atomic mass is 9.69. The van der Waals surface area contributed by atoms with Crippen molar-refractivity contribution in [3.05, 3.63) is 35.9 Å². The second kappa shape index (κ2) is 6.98. The molecule has 25 heavy (non-hydrogen) atoms. The van der Waals surface area contributed by atoms with Crippen molar-refractivity contribution in [2.45, 2.75) is 51.0 Å². The molecule has 1 fully saturated rings.